The number of rotatable bonds is 3. The highest BCUT2D eigenvalue weighted by atomic mass is 16.4. The molecule has 1 aromatic rings. The maximum Gasteiger partial charge on any atom is 0.306 e. The molecule has 0 unspecified atom stereocenters. The lowest BCUT2D eigenvalue weighted by Gasteiger charge is -2.27. The van der Waals surface area contributed by atoms with Gasteiger partial charge in [-0.15, -0.1) is 0 Å². The molecular weight excluding hydrogens is 230 g/mol. The first-order chi connectivity index (χ1) is 8.69. The standard InChI is InChI=1S/C13H15N3O2/c14-7-11-5-6-12(8-15-11)16-10-3-1-9(2-4-10)13(17)18/h5-6,8-10,16H,1-4H2,(H,17,18). The second-order valence-corrected chi connectivity index (χ2v) is 4.58. The molecule has 1 fully saturated rings. The zero-order valence-electron chi connectivity index (χ0n) is 9.97. The van der Waals surface area contributed by atoms with Crippen LogP contribution in [0.15, 0.2) is 18.3 Å². The third-order valence-corrected chi connectivity index (χ3v) is 3.33. The minimum atomic E-state index is -0.687. The molecule has 0 aliphatic heterocycles. The van der Waals surface area contributed by atoms with Crippen molar-refractivity contribution in [3.8, 4) is 6.07 Å². The summed E-state index contributed by atoms with van der Waals surface area (Å²) in [6, 6.07) is 5.77. The Bertz CT molecular complexity index is 456. The van der Waals surface area contributed by atoms with Gasteiger partial charge in [-0.05, 0) is 37.8 Å². The number of carboxylic acid groups (broad SMARTS) is 1. The molecule has 0 bridgehead atoms. The molecule has 0 spiro atoms. The van der Waals surface area contributed by atoms with Gasteiger partial charge in [0, 0.05) is 6.04 Å². The van der Waals surface area contributed by atoms with Crippen molar-refractivity contribution in [2.45, 2.75) is 31.7 Å². The van der Waals surface area contributed by atoms with Gasteiger partial charge in [0.25, 0.3) is 0 Å². The zero-order valence-corrected chi connectivity index (χ0v) is 9.97. The monoisotopic (exact) mass is 245 g/mol. The van der Waals surface area contributed by atoms with Crippen LogP contribution in [0.3, 0.4) is 0 Å². The van der Waals surface area contributed by atoms with Crippen LogP contribution in [0.2, 0.25) is 0 Å². The Kier molecular flexibility index (Phi) is 3.78. The number of hydrogen-bond acceptors (Lipinski definition) is 4. The van der Waals surface area contributed by atoms with E-state index in [2.05, 4.69) is 10.3 Å². The molecule has 5 nitrogen and oxygen atoms in total. The van der Waals surface area contributed by atoms with Crippen LogP contribution in [0, 0.1) is 17.2 Å². The summed E-state index contributed by atoms with van der Waals surface area (Å²) in [7, 11) is 0. The third kappa shape index (κ3) is 2.98. The second-order valence-electron chi connectivity index (χ2n) is 4.58. The van der Waals surface area contributed by atoms with Crippen molar-refractivity contribution in [2.24, 2.45) is 5.92 Å². The Balaban J connectivity index is 1.87. The summed E-state index contributed by atoms with van der Waals surface area (Å²) in [6.45, 7) is 0. The number of anilines is 1. The summed E-state index contributed by atoms with van der Waals surface area (Å²) in [5, 5.41) is 20.9. The highest BCUT2D eigenvalue weighted by molar-refractivity contribution is 5.70. The fourth-order valence-corrected chi connectivity index (χ4v) is 2.27. The van der Waals surface area contributed by atoms with E-state index in [1.54, 1.807) is 12.3 Å². The van der Waals surface area contributed by atoms with Crippen LogP contribution in [0.1, 0.15) is 31.4 Å². The first kappa shape index (κ1) is 12.4. The molecule has 1 aliphatic carbocycles. The molecule has 0 amide bonds. The summed E-state index contributed by atoms with van der Waals surface area (Å²) >= 11 is 0. The smallest absolute Gasteiger partial charge is 0.306 e. The van der Waals surface area contributed by atoms with Gasteiger partial charge in [-0.1, -0.05) is 0 Å². The topological polar surface area (TPSA) is 86.0 Å². The van der Waals surface area contributed by atoms with Crippen LogP contribution in [-0.4, -0.2) is 22.1 Å². The quantitative estimate of drug-likeness (QED) is 0.850. The first-order valence-electron chi connectivity index (χ1n) is 6.04. The molecule has 0 radical (unpaired) electrons. The van der Waals surface area contributed by atoms with Crippen LogP contribution >= 0.6 is 0 Å². The summed E-state index contributed by atoms with van der Waals surface area (Å²) in [4.78, 5) is 14.8. The predicted octanol–water partition coefficient (Wildman–Crippen LogP) is 2.01. The molecule has 94 valence electrons. The van der Waals surface area contributed by atoms with Crippen molar-refractivity contribution in [3.05, 3.63) is 24.0 Å². The maximum absolute atomic E-state index is 10.8. The average Bonchev–Trinajstić information content (AvgIpc) is 2.40. The van der Waals surface area contributed by atoms with E-state index in [0.717, 1.165) is 31.4 Å². The lowest BCUT2D eigenvalue weighted by molar-refractivity contribution is -0.142. The van der Waals surface area contributed by atoms with E-state index >= 15 is 0 Å². The second kappa shape index (κ2) is 5.50. The Hall–Kier alpha value is -2.09. The minimum Gasteiger partial charge on any atom is -0.481 e. The van der Waals surface area contributed by atoms with Crippen LogP contribution in [0.4, 0.5) is 5.69 Å². The summed E-state index contributed by atoms with van der Waals surface area (Å²) < 4.78 is 0. The van der Waals surface area contributed by atoms with Gasteiger partial charge in [0.1, 0.15) is 11.8 Å². The van der Waals surface area contributed by atoms with Gasteiger partial charge in [-0.3, -0.25) is 4.79 Å². The van der Waals surface area contributed by atoms with Gasteiger partial charge in [0.2, 0.25) is 0 Å². The average molecular weight is 245 g/mol. The predicted molar refractivity (Wildman–Crippen MR) is 66.0 cm³/mol. The van der Waals surface area contributed by atoms with Crippen LogP contribution in [0.5, 0.6) is 0 Å². The highest BCUT2D eigenvalue weighted by Crippen LogP contribution is 2.26. The van der Waals surface area contributed by atoms with Crippen molar-refractivity contribution >= 4 is 11.7 Å². The Morgan fingerprint density at radius 3 is 2.61 bits per heavy atom. The largest absolute Gasteiger partial charge is 0.481 e. The molecule has 1 aliphatic rings. The van der Waals surface area contributed by atoms with E-state index in [9.17, 15) is 4.79 Å². The molecule has 2 rings (SSSR count). The SMILES string of the molecule is N#Cc1ccc(NC2CCC(C(=O)O)CC2)cn1. The molecule has 5 heteroatoms. The van der Waals surface area contributed by atoms with E-state index < -0.39 is 5.97 Å². The van der Waals surface area contributed by atoms with E-state index in [0.29, 0.717) is 11.7 Å². The molecule has 1 aromatic heterocycles. The van der Waals surface area contributed by atoms with E-state index in [1.165, 1.54) is 0 Å². The fraction of sp³-hybridized carbons (Fsp3) is 0.462. The minimum absolute atomic E-state index is 0.192. The Morgan fingerprint density at radius 2 is 2.11 bits per heavy atom. The molecule has 1 saturated carbocycles. The summed E-state index contributed by atoms with van der Waals surface area (Å²) in [5.41, 5.74) is 1.28. The lowest BCUT2D eigenvalue weighted by atomic mass is 9.86. The molecular formula is C13H15N3O2. The molecule has 18 heavy (non-hydrogen) atoms. The normalized spacial score (nSPS) is 23.1. The third-order valence-electron chi connectivity index (χ3n) is 3.33. The van der Waals surface area contributed by atoms with Crippen molar-refractivity contribution in [2.75, 3.05) is 5.32 Å². The maximum atomic E-state index is 10.8. The summed E-state index contributed by atoms with van der Waals surface area (Å²) in [6.07, 6.45) is 4.79. The molecule has 2 N–H and O–H groups in total. The summed E-state index contributed by atoms with van der Waals surface area (Å²) in [5.74, 6) is -0.879. The number of aromatic nitrogens is 1. The van der Waals surface area contributed by atoms with Crippen LogP contribution in [-0.2, 0) is 4.79 Å². The highest BCUT2D eigenvalue weighted by Gasteiger charge is 2.25. The van der Waals surface area contributed by atoms with Crippen LogP contribution < -0.4 is 5.32 Å². The number of carboxylic acids is 1. The van der Waals surface area contributed by atoms with Gasteiger partial charge < -0.3 is 10.4 Å². The lowest BCUT2D eigenvalue weighted by Crippen LogP contribution is -2.29. The Morgan fingerprint density at radius 1 is 1.39 bits per heavy atom. The van der Waals surface area contributed by atoms with Gasteiger partial charge in [0.15, 0.2) is 0 Å². The van der Waals surface area contributed by atoms with E-state index in [-0.39, 0.29) is 5.92 Å². The zero-order chi connectivity index (χ0) is 13.0. The van der Waals surface area contributed by atoms with Gasteiger partial charge in [-0.25, -0.2) is 4.98 Å². The van der Waals surface area contributed by atoms with E-state index in [1.807, 2.05) is 12.1 Å². The fourth-order valence-electron chi connectivity index (χ4n) is 2.27. The van der Waals surface area contributed by atoms with Gasteiger partial charge in [0.05, 0.1) is 17.8 Å². The molecule has 0 aromatic carbocycles. The number of nitrogens with zero attached hydrogens (tertiary/aromatic N) is 2. The first-order valence-corrected chi connectivity index (χ1v) is 6.04. The van der Waals surface area contributed by atoms with Crippen molar-refractivity contribution < 1.29 is 9.90 Å². The molecule has 0 saturated heterocycles. The van der Waals surface area contributed by atoms with Crippen molar-refractivity contribution in [1.29, 1.82) is 5.26 Å². The number of hydrogen-bond donors (Lipinski definition) is 2. The number of nitriles is 1. The van der Waals surface area contributed by atoms with Crippen molar-refractivity contribution in [1.82, 2.24) is 4.98 Å². The van der Waals surface area contributed by atoms with Crippen molar-refractivity contribution in [3.63, 3.8) is 0 Å². The number of carbonyl (C=O) groups is 1. The molecule has 1 heterocycles. The number of pyridine rings is 1. The number of aliphatic carboxylic acids is 1. The number of nitrogens with one attached hydrogen (secondary N) is 1. The molecule has 0 atom stereocenters. The van der Waals surface area contributed by atoms with E-state index in [4.69, 9.17) is 10.4 Å². The Labute approximate surface area is 105 Å². The van der Waals surface area contributed by atoms with Crippen LogP contribution in [0.25, 0.3) is 0 Å². The van der Waals surface area contributed by atoms with Gasteiger partial charge >= 0.3 is 5.97 Å². The van der Waals surface area contributed by atoms with Gasteiger partial charge in [-0.2, -0.15) is 5.26 Å².